The minimum Gasteiger partial charge on any atom is -0.496 e. The molecule has 0 aliphatic carbocycles. The highest BCUT2D eigenvalue weighted by atomic mass is 16.5. The third kappa shape index (κ3) is 2.84. The Morgan fingerprint density at radius 1 is 1.18 bits per heavy atom. The van der Waals surface area contributed by atoms with E-state index in [-0.39, 0.29) is 5.91 Å². The number of methoxy groups -OCH3 is 1. The quantitative estimate of drug-likeness (QED) is 0.843. The molecule has 0 N–H and O–H groups in total. The number of benzene rings is 1. The molecule has 3 rings (SSSR count). The van der Waals surface area contributed by atoms with Crippen LogP contribution < -0.4 is 4.74 Å². The summed E-state index contributed by atoms with van der Waals surface area (Å²) in [6.07, 6.45) is 4.47. The molecular formula is C18H25NO3. The first-order chi connectivity index (χ1) is 10.7. The van der Waals surface area contributed by atoms with Crippen molar-refractivity contribution in [3.8, 4) is 5.75 Å². The van der Waals surface area contributed by atoms with E-state index < -0.39 is 0 Å². The van der Waals surface area contributed by atoms with E-state index in [0.717, 1.165) is 57.6 Å². The van der Waals surface area contributed by atoms with Gasteiger partial charge in [0.05, 0.1) is 12.7 Å². The van der Waals surface area contributed by atoms with Crippen LogP contribution in [0.1, 0.15) is 41.6 Å². The monoisotopic (exact) mass is 303 g/mol. The number of likely N-dealkylation sites (tertiary alicyclic amines) is 1. The number of ether oxygens (including phenoxy) is 2. The first-order valence-corrected chi connectivity index (χ1v) is 8.16. The second kappa shape index (κ2) is 6.29. The zero-order valence-electron chi connectivity index (χ0n) is 13.6. The van der Waals surface area contributed by atoms with Crippen molar-refractivity contribution in [1.82, 2.24) is 4.90 Å². The van der Waals surface area contributed by atoms with Crippen LogP contribution in [0.2, 0.25) is 0 Å². The highest BCUT2D eigenvalue weighted by molar-refractivity contribution is 5.97. The van der Waals surface area contributed by atoms with Gasteiger partial charge >= 0.3 is 0 Å². The average Bonchev–Trinajstić information content (AvgIpc) is 2.55. The van der Waals surface area contributed by atoms with E-state index in [4.69, 9.17) is 9.47 Å². The summed E-state index contributed by atoms with van der Waals surface area (Å²) in [5.41, 5.74) is 2.10. The van der Waals surface area contributed by atoms with Gasteiger partial charge in [0.1, 0.15) is 5.75 Å². The predicted molar refractivity (Wildman–Crippen MR) is 85.4 cm³/mol. The van der Waals surface area contributed by atoms with Crippen molar-refractivity contribution >= 4 is 5.91 Å². The van der Waals surface area contributed by atoms with Crippen LogP contribution in [0.15, 0.2) is 18.2 Å². The molecule has 2 aliphatic rings. The maximum Gasteiger partial charge on any atom is 0.257 e. The van der Waals surface area contributed by atoms with Gasteiger partial charge in [0.15, 0.2) is 0 Å². The number of carbonyl (C=O) groups is 1. The standard InChI is InChI=1S/C18H25NO3/c1-14-4-3-5-15(16(14)21-2)17(20)19-10-6-18(7-11-19)8-12-22-13-9-18/h3-5H,6-13H2,1-2H3. The first-order valence-electron chi connectivity index (χ1n) is 8.16. The Morgan fingerprint density at radius 3 is 2.50 bits per heavy atom. The van der Waals surface area contributed by atoms with Gasteiger partial charge in [0.2, 0.25) is 0 Å². The molecule has 2 saturated heterocycles. The van der Waals surface area contributed by atoms with Gasteiger partial charge in [-0.25, -0.2) is 0 Å². The molecule has 1 spiro atoms. The van der Waals surface area contributed by atoms with Gasteiger partial charge in [0, 0.05) is 26.3 Å². The lowest BCUT2D eigenvalue weighted by atomic mass is 9.72. The molecule has 1 aromatic rings. The lowest BCUT2D eigenvalue weighted by Gasteiger charge is -2.44. The van der Waals surface area contributed by atoms with Crippen molar-refractivity contribution in [2.75, 3.05) is 33.4 Å². The third-order valence-corrected chi connectivity index (χ3v) is 5.31. The smallest absolute Gasteiger partial charge is 0.257 e. The number of carbonyl (C=O) groups excluding carboxylic acids is 1. The maximum absolute atomic E-state index is 12.8. The molecule has 0 aromatic heterocycles. The van der Waals surface area contributed by atoms with Crippen molar-refractivity contribution in [3.05, 3.63) is 29.3 Å². The molecule has 1 aromatic carbocycles. The average molecular weight is 303 g/mol. The number of para-hydroxylation sites is 1. The highest BCUT2D eigenvalue weighted by Crippen LogP contribution is 2.41. The predicted octanol–water partition coefficient (Wildman–Crippen LogP) is 3.04. The van der Waals surface area contributed by atoms with Crippen LogP contribution in [0.25, 0.3) is 0 Å². The molecule has 4 nitrogen and oxygen atoms in total. The molecule has 0 radical (unpaired) electrons. The van der Waals surface area contributed by atoms with E-state index in [1.807, 2.05) is 30.0 Å². The van der Waals surface area contributed by atoms with Crippen LogP contribution in [-0.4, -0.2) is 44.2 Å². The number of piperidine rings is 1. The number of aryl methyl sites for hydroxylation is 1. The maximum atomic E-state index is 12.8. The first kappa shape index (κ1) is 15.3. The third-order valence-electron chi connectivity index (χ3n) is 5.31. The minimum atomic E-state index is 0.0995. The van der Waals surface area contributed by atoms with Gasteiger partial charge in [-0.1, -0.05) is 12.1 Å². The number of rotatable bonds is 2. The fourth-order valence-electron chi connectivity index (χ4n) is 3.75. The van der Waals surface area contributed by atoms with Crippen LogP contribution in [0.5, 0.6) is 5.75 Å². The highest BCUT2D eigenvalue weighted by Gasteiger charge is 2.37. The summed E-state index contributed by atoms with van der Waals surface area (Å²) in [7, 11) is 1.63. The Morgan fingerprint density at radius 2 is 1.86 bits per heavy atom. The van der Waals surface area contributed by atoms with Crippen LogP contribution in [0.3, 0.4) is 0 Å². The summed E-state index contributed by atoms with van der Waals surface area (Å²) in [5, 5.41) is 0. The molecule has 0 bridgehead atoms. The zero-order chi connectivity index (χ0) is 15.6. The van der Waals surface area contributed by atoms with Gasteiger partial charge in [0.25, 0.3) is 5.91 Å². The fourth-order valence-corrected chi connectivity index (χ4v) is 3.75. The van der Waals surface area contributed by atoms with Crippen LogP contribution >= 0.6 is 0 Å². The lowest BCUT2D eigenvalue weighted by Crippen LogP contribution is -2.45. The van der Waals surface area contributed by atoms with E-state index in [1.165, 1.54) is 0 Å². The molecule has 0 saturated carbocycles. The van der Waals surface area contributed by atoms with E-state index in [9.17, 15) is 4.79 Å². The fraction of sp³-hybridized carbons (Fsp3) is 0.611. The summed E-state index contributed by atoms with van der Waals surface area (Å²) in [5.74, 6) is 0.807. The Balaban J connectivity index is 1.71. The zero-order valence-corrected chi connectivity index (χ0v) is 13.6. The molecule has 2 heterocycles. The van der Waals surface area contributed by atoms with E-state index in [2.05, 4.69) is 0 Å². The Kier molecular flexibility index (Phi) is 4.39. The van der Waals surface area contributed by atoms with E-state index >= 15 is 0 Å². The van der Waals surface area contributed by atoms with Crippen molar-refractivity contribution in [2.45, 2.75) is 32.6 Å². The SMILES string of the molecule is COc1c(C)cccc1C(=O)N1CCC2(CCOCC2)CC1. The summed E-state index contributed by atoms with van der Waals surface area (Å²) in [4.78, 5) is 14.8. The normalized spacial score (nSPS) is 20.9. The van der Waals surface area contributed by atoms with Gasteiger partial charge in [-0.2, -0.15) is 0 Å². The van der Waals surface area contributed by atoms with E-state index in [0.29, 0.717) is 16.7 Å². The van der Waals surface area contributed by atoms with Gasteiger partial charge in [-0.3, -0.25) is 4.79 Å². The molecule has 0 atom stereocenters. The van der Waals surface area contributed by atoms with Gasteiger partial charge in [-0.05, 0) is 49.7 Å². The van der Waals surface area contributed by atoms with Crippen molar-refractivity contribution in [1.29, 1.82) is 0 Å². The number of hydrogen-bond donors (Lipinski definition) is 0. The van der Waals surface area contributed by atoms with Crippen molar-refractivity contribution < 1.29 is 14.3 Å². The van der Waals surface area contributed by atoms with E-state index in [1.54, 1.807) is 7.11 Å². The Bertz CT molecular complexity index is 539. The van der Waals surface area contributed by atoms with Crippen LogP contribution in [0, 0.1) is 12.3 Å². The summed E-state index contributed by atoms with van der Waals surface area (Å²) >= 11 is 0. The molecule has 4 heteroatoms. The minimum absolute atomic E-state index is 0.0995. The Hall–Kier alpha value is -1.55. The summed E-state index contributed by atoms with van der Waals surface area (Å²) in [6.45, 7) is 5.41. The molecule has 22 heavy (non-hydrogen) atoms. The van der Waals surface area contributed by atoms with Crippen molar-refractivity contribution in [3.63, 3.8) is 0 Å². The number of hydrogen-bond acceptors (Lipinski definition) is 3. The molecule has 1 amide bonds. The molecule has 120 valence electrons. The summed E-state index contributed by atoms with van der Waals surface area (Å²) < 4.78 is 10.9. The molecule has 2 fully saturated rings. The number of amides is 1. The van der Waals surface area contributed by atoms with Gasteiger partial charge in [-0.15, -0.1) is 0 Å². The van der Waals surface area contributed by atoms with Crippen molar-refractivity contribution in [2.24, 2.45) is 5.41 Å². The second-order valence-electron chi connectivity index (χ2n) is 6.56. The molecule has 0 unspecified atom stereocenters. The summed E-state index contributed by atoms with van der Waals surface area (Å²) in [6, 6.07) is 5.77. The van der Waals surface area contributed by atoms with Crippen LogP contribution in [0.4, 0.5) is 0 Å². The van der Waals surface area contributed by atoms with Gasteiger partial charge < -0.3 is 14.4 Å². The lowest BCUT2D eigenvalue weighted by molar-refractivity contribution is -0.0175. The topological polar surface area (TPSA) is 38.8 Å². The molecular weight excluding hydrogens is 278 g/mol. The molecule has 2 aliphatic heterocycles. The largest absolute Gasteiger partial charge is 0.496 e. The van der Waals surface area contributed by atoms with Crippen LogP contribution in [-0.2, 0) is 4.74 Å². The number of nitrogens with zero attached hydrogens (tertiary/aromatic N) is 1. The Labute approximate surface area is 132 Å². The second-order valence-corrected chi connectivity index (χ2v) is 6.56.